The Bertz CT molecular complexity index is 745. The highest BCUT2D eigenvalue weighted by Gasteiger charge is 2.09. The van der Waals surface area contributed by atoms with E-state index in [4.69, 9.17) is 4.99 Å². The van der Waals surface area contributed by atoms with Crippen LogP contribution in [-0.4, -0.2) is 45.3 Å². The van der Waals surface area contributed by atoms with Crippen LogP contribution in [0.3, 0.4) is 0 Å². The van der Waals surface area contributed by atoms with Crippen LogP contribution < -0.4 is 10.6 Å². The fraction of sp³-hybridized carbons (Fsp3) is 0.571. The molecule has 2 aromatic rings. The molecule has 1 aliphatic rings. The summed E-state index contributed by atoms with van der Waals surface area (Å²) < 4.78 is 1.77. The maximum atomic E-state index is 4.74. The third kappa shape index (κ3) is 6.34. The second kappa shape index (κ2) is 10.8. The van der Waals surface area contributed by atoms with Gasteiger partial charge in [-0.3, -0.25) is 9.58 Å². The lowest BCUT2D eigenvalue weighted by molar-refractivity contribution is 0.277. The van der Waals surface area contributed by atoms with Crippen LogP contribution >= 0.6 is 0 Å². The summed E-state index contributed by atoms with van der Waals surface area (Å²) in [5.74, 6) is 1.67. The Labute approximate surface area is 168 Å². The van der Waals surface area contributed by atoms with E-state index in [1.165, 1.54) is 49.9 Å². The Balaban J connectivity index is 1.57. The molecule has 2 heterocycles. The van der Waals surface area contributed by atoms with Crippen LogP contribution in [0.25, 0.3) is 0 Å². The van der Waals surface area contributed by atoms with Crippen molar-refractivity contribution in [3.63, 3.8) is 0 Å². The first kappa shape index (κ1) is 20.3. The molecule has 0 atom stereocenters. The zero-order valence-electron chi connectivity index (χ0n) is 17.2. The van der Waals surface area contributed by atoms with Gasteiger partial charge in [0.25, 0.3) is 0 Å². The Morgan fingerprint density at radius 1 is 1.11 bits per heavy atom. The fourth-order valence-electron chi connectivity index (χ4n) is 3.53. The summed E-state index contributed by atoms with van der Waals surface area (Å²) in [4.78, 5) is 11.6. The van der Waals surface area contributed by atoms with E-state index in [9.17, 15) is 0 Å². The molecule has 1 aromatic heterocycles. The molecule has 2 N–H and O–H groups in total. The number of aromatic nitrogens is 3. The van der Waals surface area contributed by atoms with Gasteiger partial charge in [0.2, 0.25) is 0 Å². The normalized spacial score (nSPS) is 16.0. The maximum Gasteiger partial charge on any atom is 0.191 e. The van der Waals surface area contributed by atoms with Gasteiger partial charge in [0, 0.05) is 20.1 Å². The number of hydrogen-bond donors (Lipinski definition) is 2. The monoisotopic (exact) mass is 383 g/mol. The van der Waals surface area contributed by atoms with Gasteiger partial charge >= 0.3 is 0 Å². The number of nitrogens with one attached hydrogen (secondary N) is 2. The average Bonchev–Trinajstić information content (AvgIpc) is 2.94. The summed E-state index contributed by atoms with van der Waals surface area (Å²) >= 11 is 0. The molecule has 1 fully saturated rings. The molecule has 0 unspecified atom stereocenters. The first-order valence-corrected chi connectivity index (χ1v) is 10.4. The van der Waals surface area contributed by atoms with Crippen molar-refractivity contribution in [1.29, 1.82) is 0 Å². The molecular weight excluding hydrogens is 350 g/mol. The van der Waals surface area contributed by atoms with Gasteiger partial charge in [-0.2, -0.15) is 5.10 Å². The molecule has 0 aliphatic carbocycles. The molecule has 152 valence electrons. The summed E-state index contributed by atoms with van der Waals surface area (Å²) in [6.45, 7) is 7.63. The third-order valence-electron chi connectivity index (χ3n) is 5.08. The molecule has 0 saturated carbocycles. The predicted octanol–water partition coefficient (Wildman–Crippen LogP) is 2.45. The van der Waals surface area contributed by atoms with E-state index in [1.807, 2.05) is 7.05 Å². The summed E-state index contributed by atoms with van der Waals surface area (Å²) in [6.07, 6.45) is 6.97. The minimum absolute atomic E-state index is 0.595. The second-order valence-electron chi connectivity index (χ2n) is 7.36. The number of nitrogens with zero attached hydrogens (tertiary/aromatic N) is 5. The van der Waals surface area contributed by atoms with Crippen molar-refractivity contribution < 1.29 is 0 Å². The zero-order valence-corrected chi connectivity index (χ0v) is 17.2. The van der Waals surface area contributed by atoms with E-state index in [0.717, 1.165) is 24.9 Å². The highest BCUT2D eigenvalue weighted by Crippen LogP contribution is 2.14. The number of likely N-dealkylation sites (tertiary alicyclic amines) is 1. The first-order valence-electron chi connectivity index (χ1n) is 10.4. The average molecular weight is 384 g/mol. The van der Waals surface area contributed by atoms with E-state index >= 15 is 0 Å². The predicted molar refractivity (Wildman–Crippen MR) is 113 cm³/mol. The number of aryl methyl sites for hydroxylation is 1. The van der Waals surface area contributed by atoms with Crippen LogP contribution in [0.1, 0.15) is 49.6 Å². The van der Waals surface area contributed by atoms with E-state index in [-0.39, 0.29) is 0 Å². The Morgan fingerprint density at radius 2 is 1.89 bits per heavy atom. The van der Waals surface area contributed by atoms with Crippen LogP contribution in [0.4, 0.5) is 0 Å². The first-order chi connectivity index (χ1) is 13.7. The highest BCUT2D eigenvalue weighted by atomic mass is 15.3. The molecule has 1 aromatic carbocycles. The second-order valence-corrected chi connectivity index (χ2v) is 7.36. The van der Waals surface area contributed by atoms with Crippen LogP contribution in [0.2, 0.25) is 0 Å². The lowest BCUT2D eigenvalue weighted by Gasteiger charge is -2.20. The highest BCUT2D eigenvalue weighted by molar-refractivity contribution is 5.79. The smallest absolute Gasteiger partial charge is 0.191 e. The van der Waals surface area contributed by atoms with E-state index < -0.39 is 0 Å². The molecular formula is C21H33N7. The summed E-state index contributed by atoms with van der Waals surface area (Å²) in [6, 6.07) is 8.83. The molecule has 0 bridgehead atoms. The maximum absolute atomic E-state index is 4.74. The number of guanidine groups is 1. The minimum atomic E-state index is 0.595. The molecule has 1 aliphatic heterocycles. The molecule has 28 heavy (non-hydrogen) atoms. The van der Waals surface area contributed by atoms with E-state index in [1.54, 1.807) is 11.0 Å². The molecule has 1 saturated heterocycles. The minimum Gasteiger partial charge on any atom is -0.357 e. The summed E-state index contributed by atoms with van der Waals surface area (Å²) in [7, 11) is 1.89. The van der Waals surface area contributed by atoms with Gasteiger partial charge in [0.15, 0.2) is 5.96 Å². The zero-order chi connectivity index (χ0) is 19.6. The molecule has 3 rings (SSSR count). The van der Waals surface area contributed by atoms with Gasteiger partial charge < -0.3 is 10.6 Å². The van der Waals surface area contributed by atoms with Gasteiger partial charge in [-0.25, -0.2) is 9.98 Å². The van der Waals surface area contributed by atoms with Crippen LogP contribution in [0.15, 0.2) is 35.6 Å². The summed E-state index contributed by atoms with van der Waals surface area (Å²) in [5, 5.41) is 10.7. The lowest BCUT2D eigenvalue weighted by atomic mass is 10.1. The van der Waals surface area contributed by atoms with Crippen molar-refractivity contribution in [2.75, 3.05) is 19.6 Å². The molecule has 0 radical (unpaired) electrons. The van der Waals surface area contributed by atoms with Crippen molar-refractivity contribution in [1.82, 2.24) is 30.3 Å². The van der Waals surface area contributed by atoms with Crippen molar-refractivity contribution in [3.8, 4) is 0 Å². The number of benzene rings is 1. The number of hydrogen-bond acceptors (Lipinski definition) is 4. The van der Waals surface area contributed by atoms with Gasteiger partial charge in [-0.1, -0.05) is 37.1 Å². The van der Waals surface area contributed by atoms with Crippen LogP contribution in [-0.2, 0) is 26.7 Å². The fourth-order valence-corrected chi connectivity index (χ4v) is 3.53. The Kier molecular flexibility index (Phi) is 7.84. The lowest BCUT2D eigenvalue weighted by Crippen LogP contribution is -2.37. The van der Waals surface area contributed by atoms with E-state index in [2.05, 4.69) is 56.8 Å². The molecule has 7 nitrogen and oxygen atoms in total. The summed E-state index contributed by atoms with van der Waals surface area (Å²) in [5.41, 5.74) is 2.62. The number of rotatable bonds is 7. The SMILES string of the molecule is CCNC(=NCc1cccc(CN2CCCCCC2)c1)NCc1ncnn1C. The third-order valence-corrected chi connectivity index (χ3v) is 5.08. The van der Waals surface area contributed by atoms with Crippen molar-refractivity contribution >= 4 is 5.96 Å². The molecule has 7 heteroatoms. The molecule has 0 spiro atoms. The van der Waals surface area contributed by atoms with E-state index in [0.29, 0.717) is 13.1 Å². The van der Waals surface area contributed by atoms with Gasteiger partial charge in [0.05, 0.1) is 13.1 Å². The Morgan fingerprint density at radius 3 is 2.61 bits per heavy atom. The quantitative estimate of drug-likeness (QED) is 0.568. The van der Waals surface area contributed by atoms with Crippen molar-refractivity contribution in [2.45, 2.75) is 52.2 Å². The standard InChI is InChI=1S/C21H33N7/c1-3-22-21(24-15-20-25-17-26-27(20)2)23-14-18-9-8-10-19(13-18)16-28-11-6-4-5-7-12-28/h8-10,13,17H,3-7,11-12,14-16H2,1-2H3,(H2,22,23,24). The van der Waals surface area contributed by atoms with Gasteiger partial charge in [-0.15, -0.1) is 0 Å². The van der Waals surface area contributed by atoms with Crippen LogP contribution in [0.5, 0.6) is 0 Å². The van der Waals surface area contributed by atoms with Crippen molar-refractivity contribution in [3.05, 3.63) is 47.5 Å². The number of aliphatic imine (C=N–C) groups is 1. The largest absolute Gasteiger partial charge is 0.357 e. The van der Waals surface area contributed by atoms with Gasteiger partial charge in [-0.05, 0) is 44.0 Å². The topological polar surface area (TPSA) is 70.4 Å². The van der Waals surface area contributed by atoms with Gasteiger partial charge in [0.1, 0.15) is 12.2 Å². The molecule has 0 amide bonds. The van der Waals surface area contributed by atoms with Crippen molar-refractivity contribution in [2.24, 2.45) is 12.0 Å². The Hall–Kier alpha value is -2.41. The van der Waals surface area contributed by atoms with Crippen LogP contribution in [0, 0.1) is 0 Å².